The maximum atomic E-state index is 4.56. The van der Waals surface area contributed by atoms with Gasteiger partial charge in [-0.05, 0) is 63.3 Å². The van der Waals surface area contributed by atoms with E-state index in [4.69, 9.17) is 0 Å². The minimum absolute atomic E-state index is 0.642. The lowest BCUT2D eigenvalue weighted by atomic mass is 9.82. The van der Waals surface area contributed by atoms with Crippen molar-refractivity contribution in [3.05, 3.63) is 35.9 Å². The van der Waals surface area contributed by atoms with Crippen LogP contribution < -0.4 is 5.32 Å². The maximum absolute atomic E-state index is 4.56. The number of likely N-dealkylation sites (N-methyl/N-ethyl adjacent to an activating group) is 1. The molecule has 2 heterocycles. The molecule has 28 heavy (non-hydrogen) atoms. The quantitative estimate of drug-likeness (QED) is 0.480. The van der Waals surface area contributed by atoms with Crippen LogP contribution in [0.4, 0.5) is 0 Å². The van der Waals surface area contributed by atoms with Gasteiger partial charge in [0.05, 0.1) is 0 Å². The van der Waals surface area contributed by atoms with Crippen LogP contribution in [0, 0.1) is 5.92 Å². The van der Waals surface area contributed by atoms with E-state index in [1.807, 2.05) is 7.05 Å². The van der Waals surface area contributed by atoms with E-state index in [-0.39, 0.29) is 0 Å². The third-order valence-corrected chi connectivity index (χ3v) is 6.39. The number of nitrogens with zero attached hydrogens (tertiary/aromatic N) is 4. The summed E-state index contributed by atoms with van der Waals surface area (Å²) in [7, 11) is 4.15. The molecule has 1 aromatic carbocycles. The van der Waals surface area contributed by atoms with Gasteiger partial charge in [-0.15, -0.1) is 0 Å². The van der Waals surface area contributed by atoms with E-state index < -0.39 is 0 Å². The molecule has 2 atom stereocenters. The maximum Gasteiger partial charge on any atom is 0.193 e. The van der Waals surface area contributed by atoms with Crippen molar-refractivity contribution in [2.24, 2.45) is 10.9 Å². The summed E-state index contributed by atoms with van der Waals surface area (Å²) in [6.45, 7) is 11.6. The molecule has 0 saturated carbocycles. The van der Waals surface area contributed by atoms with Gasteiger partial charge in [-0.2, -0.15) is 0 Å². The number of hydrogen-bond acceptors (Lipinski definition) is 3. The Morgan fingerprint density at radius 1 is 1.11 bits per heavy atom. The highest BCUT2D eigenvalue weighted by Gasteiger charge is 2.28. The Morgan fingerprint density at radius 3 is 2.68 bits per heavy atom. The predicted octanol–water partition coefficient (Wildman–Crippen LogP) is 2.72. The van der Waals surface area contributed by atoms with Gasteiger partial charge in [-0.25, -0.2) is 0 Å². The average Bonchev–Trinajstić information content (AvgIpc) is 2.93. The van der Waals surface area contributed by atoms with Crippen LogP contribution in [0.2, 0.25) is 0 Å². The van der Waals surface area contributed by atoms with E-state index in [9.17, 15) is 0 Å². The standard InChI is InChI=1S/C23H39N5/c1-20-19-28(16-11-22(20)21-9-5-4-6-10-21)23(24-2)25-12-7-14-27-15-8-13-26(3)17-18-27/h4-6,9-10,20,22H,7-8,11-19H2,1-3H3,(H,24,25). The summed E-state index contributed by atoms with van der Waals surface area (Å²) in [5.41, 5.74) is 1.49. The van der Waals surface area contributed by atoms with Crippen LogP contribution in [0.15, 0.2) is 35.3 Å². The van der Waals surface area contributed by atoms with E-state index in [1.165, 1.54) is 57.5 Å². The van der Waals surface area contributed by atoms with Crippen molar-refractivity contribution in [3.63, 3.8) is 0 Å². The minimum Gasteiger partial charge on any atom is -0.356 e. The molecule has 2 aliphatic heterocycles. The molecular weight excluding hydrogens is 346 g/mol. The van der Waals surface area contributed by atoms with E-state index in [0.717, 1.165) is 25.6 Å². The fourth-order valence-corrected chi connectivity index (χ4v) is 4.69. The first-order valence-electron chi connectivity index (χ1n) is 11.1. The van der Waals surface area contributed by atoms with E-state index in [1.54, 1.807) is 0 Å². The first kappa shape index (κ1) is 21.1. The second-order valence-corrected chi connectivity index (χ2v) is 8.56. The molecule has 2 aliphatic rings. The summed E-state index contributed by atoms with van der Waals surface area (Å²) in [6, 6.07) is 11.0. The van der Waals surface area contributed by atoms with Gasteiger partial charge < -0.3 is 20.0 Å². The molecule has 3 rings (SSSR count). The molecule has 2 fully saturated rings. The van der Waals surface area contributed by atoms with Gasteiger partial charge in [0.25, 0.3) is 0 Å². The fraction of sp³-hybridized carbons (Fsp3) is 0.696. The van der Waals surface area contributed by atoms with Crippen LogP contribution in [-0.2, 0) is 0 Å². The Kier molecular flexibility index (Phi) is 8.16. The lowest BCUT2D eigenvalue weighted by Gasteiger charge is -2.39. The van der Waals surface area contributed by atoms with E-state index in [0.29, 0.717) is 11.8 Å². The van der Waals surface area contributed by atoms with Crippen molar-refractivity contribution in [1.29, 1.82) is 0 Å². The molecule has 0 spiro atoms. The topological polar surface area (TPSA) is 34.1 Å². The molecule has 0 radical (unpaired) electrons. The Hall–Kier alpha value is -1.59. The molecule has 2 unspecified atom stereocenters. The van der Waals surface area contributed by atoms with Gasteiger partial charge in [0.1, 0.15) is 0 Å². The Morgan fingerprint density at radius 2 is 1.93 bits per heavy atom. The predicted molar refractivity (Wildman–Crippen MR) is 119 cm³/mol. The number of benzene rings is 1. The zero-order chi connectivity index (χ0) is 19.8. The van der Waals surface area contributed by atoms with Crippen LogP contribution in [0.3, 0.4) is 0 Å². The fourth-order valence-electron chi connectivity index (χ4n) is 4.69. The van der Waals surface area contributed by atoms with Crippen molar-refractivity contribution >= 4 is 5.96 Å². The van der Waals surface area contributed by atoms with Crippen molar-refractivity contribution in [3.8, 4) is 0 Å². The smallest absolute Gasteiger partial charge is 0.193 e. The highest BCUT2D eigenvalue weighted by molar-refractivity contribution is 5.80. The lowest BCUT2D eigenvalue weighted by molar-refractivity contribution is 0.233. The number of piperidine rings is 1. The molecule has 1 aromatic rings. The molecule has 0 aromatic heterocycles. The number of nitrogens with one attached hydrogen (secondary N) is 1. The number of hydrogen-bond donors (Lipinski definition) is 1. The van der Waals surface area contributed by atoms with Gasteiger partial charge >= 0.3 is 0 Å². The van der Waals surface area contributed by atoms with Crippen molar-refractivity contribution in [2.45, 2.75) is 32.1 Å². The molecule has 2 saturated heterocycles. The summed E-state index contributed by atoms with van der Waals surface area (Å²) in [6.07, 6.45) is 3.67. The molecule has 5 heteroatoms. The molecular formula is C23H39N5. The van der Waals surface area contributed by atoms with Crippen molar-refractivity contribution < 1.29 is 0 Å². The molecule has 0 bridgehead atoms. The summed E-state index contributed by atoms with van der Waals surface area (Å²) in [4.78, 5) is 12.1. The SMILES string of the molecule is CN=C(NCCCN1CCCN(C)CC1)N1CCC(c2ccccc2)C(C)C1. The first-order chi connectivity index (χ1) is 13.7. The summed E-state index contributed by atoms with van der Waals surface area (Å²) >= 11 is 0. The van der Waals surface area contributed by atoms with Crippen molar-refractivity contribution in [2.75, 3.05) is 66.5 Å². The van der Waals surface area contributed by atoms with Gasteiger partial charge in [0.15, 0.2) is 5.96 Å². The monoisotopic (exact) mass is 385 g/mol. The lowest BCUT2D eigenvalue weighted by Crippen LogP contribution is -2.48. The largest absolute Gasteiger partial charge is 0.356 e. The van der Waals surface area contributed by atoms with Gasteiger partial charge in [0, 0.05) is 39.8 Å². The number of aliphatic imine (C=N–C) groups is 1. The van der Waals surface area contributed by atoms with Gasteiger partial charge in [-0.1, -0.05) is 37.3 Å². The summed E-state index contributed by atoms with van der Waals surface area (Å²) < 4.78 is 0. The third-order valence-electron chi connectivity index (χ3n) is 6.39. The second kappa shape index (κ2) is 10.8. The Labute approximate surface area is 171 Å². The van der Waals surface area contributed by atoms with Crippen LogP contribution in [0.5, 0.6) is 0 Å². The highest BCUT2D eigenvalue weighted by Crippen LogP contribution is 2.32. The molecule has 0 amide bonds. The van der Waals surface area contributed by atoms with Crippen LogP contribution in [0.1, 0.15) is 37.7 Å². The Balaban J connectivity index is 1.41. The zero-order valence-electron chi connectivity index (χ0n) is 18.1. The highest BCUT2D eigenvalue weighted by atomic mass is 15.3. The van der Waals surface area contributed by atoms with Crippen LogP contribution in [0.25, 0.3) is 0 Å². The Bertz CT molecular complexity index is 602. The number of likely N-dealkylation sites (tertiary alicyclic amines) is 1. The minimum atomic E-state index is 0.642. The molecule has 0 aliphatic carbocycles. The van der Waals surface area contributed by atoms with E-state index in [2.05, 4.69) is 69.3 Å². The van der Waals surface area contributed by atoms with E-state index >= 15 is 0 Å². The van der Waals surface area contributed by atoms with Gasteiger partial charge in [0.2, 0.25) is 0 Å². The molecule has 156 valence electrons. The second-order valence-electron chi connectivity index (χ2n) is 8.56. The van der Waals surface area contributed by atoms with Crippen LogP contribution in [-0.4, -0.2) is 87.1 Å². The molecule has 1 N–H and O–H groups in total. The van der Waals surface area contributed by atoms with Gasteiger partial charge in [-0.3, -0.25) is 4.99 Å². The first-order valence-corrected chi connectivity index (χ1v) is 11.1. The normalized spacial score (nSPS) is 25.5. The van der Waals surface area contributed by atoms with Crippen LogP contribution >= 0.6 is 0 Å². The number of rotatable bonds is 5. The molecule has 5 nitrogen and oxygen atoms in total. The summed E-state index contributed by atoms with van der Waals surface area (Å²) in [5, 5.41) is 3.62. The zero-order valence-corrected chi connectivity index (χ0v) is 18.1. The third kappa shape index (κ3) is 5.95. The number of guanidine groups is 1. The average molecular weight is 386 g/mol. The summed E-state index contributed by atoms with van der Waals surface area (Å²) in [5.74, 6) is 2.38. The van der Waals surface area contributed by atoms with Crippen molar-refractivity contribution in [1.82, 2.24) is 20.0 Å².